The molecule has 5 rings (SSSR count). The molecule has 25 heavy (non-hydrogen) atoms. The Hall–Kier alpha value is -2.34. The molecule has 2 aliphatic rings. The smallest absolute Gasteiger partial charge is 0.0215 e. The first-order valence-corrected chi connectivity index (χ1v) is 9.60. The molecule has 0 saturated heterocycles. The molecular weight excluding hydrogens is 300 g/mol. The number of hydrogen-bond acceptors (Lipinski definition) is 0. The Morgan fingerprint density at radius 1 is 0.640 bits per heavy atom. The first-order valence-electron chi connectivity index (χ1n) is 9.60. The van der Waals surface area contributed by atoms with Crippen molar-refractivity contribution in [1.29, 1.82) is 0 Å². The van der Waals surface area contributed by atoms with E-state index in [1.165, 1.54) is 59.9 Å². The number of rotatable bonds is 1. The van der Waals surface area contributed by atoms with Crippen molar-refractivity contribution in [2.75, 3.05) is 0 Å². The van der Waals surface area contributed by atoms with E-state index in [0.717, 1.165) is 0 Å². The lowest BCUT2D eigenvalue weighted by Crippen LogP contribution is -2.27. The maximum Gasteiger partial charge on any atom is 0.0215 e. The Kier molecular flexibility index (Phi) is 3.35. The molecule has 0 aliphatic heterocycles. The first kappa shape index (κ1) is 15.0. The van der Waals surface area contributed by atoms with Gasteiger partial charge in [-0.3, -0.25) is 0 Å². The van der Waals surface area contributed by atoms with Crippen molar-refractivity contribution < 1.29 is 0 Å². The summed E-state index contributed by atoms with van der Waals surface area (Å²) in [5.74, 6) is 0. The van der Waals surface area contributed by atoms with Crippen molar-refractivity contribution in [1.82, 2.24) is 0 Å². The number of hydrogen-bond donors (Lipinski definition) is 0. The monoisotopic (exact) mass is 324 g/mol. The number of fused-ring (bicyclic) bond motifs is 5. The van der Waals surface area contributed by atoms with Crippen LogP contribution in [0.5, 0.6) is 0 Å². The van der Waals surface area contributed by atoms with E-state index in [-0.39, 0.29) is 5.41 Å². The maximum absolute atomic E-state index is 2.40. The predicted molar refractivity (Wildman–Crippen MR) is 106 cm³/mol. The van der Waals surface area contributed by atoms with E-state index in [9.17, 15) is 0 Å². The highest BCUT2D eigenvalue weighted by Crippen LogP contribution is 2.57. The fourth-order valence-corrected chi connectivity index (χ4v) is 5.17. The van der Waals surface area contributed by atoms with Crippen molar-refractivity contribution >= 4 is 0 Å². The van der Waals surface area contributed by atoms with Crippen LogP contribution in [-0.2, 0) is 5.41 Å². The van der Waals surface area contributed by atoms with Crippen molar-refractivity contribution in [3.05, 3.63) is 83.4 Å². The molecule has 1 fully saturated rings. The van der Waals surface area contributed by atoms with Crippen LogP contribution in [0.2, 0.25) is 0 Å². The lowest BCUT2D eigenvalue weighted by molar-refractivity contribution is 0.353. The second-order valence-corrected chi connectivity index (χ2v) is 7.78. The second-order valence-electron chi connectivity index (χ2n) is 7.78. The fourth-order valence-electron chi connectivity index (χ4n) is 5.17. The Morgan fingerprint density at radius 2 is 1.32 bits per heavy atom. The third-order valence-electron chi connectivity index (χ3n) is 6.36. The summed E-state index contributed by atoms with van der Waals surface area (Å²) < 4.78 is 0. The van der Waals surface area contributed by atoms with Crippen LogP contribution in [0, 0.1) is 6.92 Å². The molecule has 124 valence electrons. The van der Waals surface area contributed by atoms with Crippen LogP contribution in [0.1, 0.15) is 48.8 Å². The highest BCUT2D eigenvalue weighted by molar-refractivity contribution is 5.92. The van der Waals surface area contributed by atoms with Gasteiger partial charge in [0.2, 0.25) is 0 Å². The van der Waals surface area contributed by atoms with Crippen LogP contribution in [0.4, 0.5) is 0 Å². The van der Waals surface area contributed by atoms with Gasteiger partial charge in [-0.05, 0) is 53.1 Å². The van der Waals surface area contributed by atoms with Gasteiger partial charge in [-0.15, -0.1) is 0 Å². The molecular formula is C25H24. The Balaban J connectivity index is 1.80. The molecule has 0 amide bonds. The molecule has 0 heteroatoms. The molecule has 3 aromatic rings. The summed E-state index contributed by atoms with van der Waals surface area (Å²) in [6, 6.07) is 25.2. The van der Waals surface area contributed by atoms with E-state index >= 15 is 0 Å². The summed E-state index contributed by atoms with van der Waals surface area (Å²) in [5, 5.41) is 0. The zero-order valence-electron chi connectivity index (χ0n) is 14.9. The van der Waals surface area contributed by atoms with E-state index in [1.807, 2.05) is 0 Å². The number of aryl methyl sites for hydroxylation is 1. The summed E-state index contributed by atoms with van der Waals surface area (Å²) >= 11 is 0. The van der Waals surface area contributed by atoms with E-state index in [0.29, 0.717) is 0 Å². The molecule has 0 unspecified atom stereocenters. The normalized spacial score (nSPS) is 17.3. The molecule has 3 aromatic carbocycles. The quantitative estimate of drug-likeness (QED) is 0.457. The van der Waals surface area contributed by atoms with Gasteiger partial charge in [0.25, 0.3) is 0 Å². The molecule has 0 aromatic heterocycles. The van der Waals surface area contributed by atoms with E-state index < -0.39 is 0 Å². The van der Waals surface area contributed by atoms with Crippen LogP contribution in [0.3, 0.4) is 0 Å². The van der Waals surface area contributed by atoms with Gasteiger partial charge in [-0.25, -0.2) is 0 Å². The van der Waals surface area contributed by atoms with Crippen molar-refractivity contribution in [2.24, 2.45) is 0 Å². The molecule has 1 saturated carbocycles. The summed E-state index contributed by atoms with van der Waals surface area (Å²) in [5.41, 5.74) is 10.4. The molecule has 0 atom stereocenters. The second kappa shape index (κ2) is 5.59. The Morgan fingerprint density at radius 3 is 2.12 bits per heavy atom. The van der Waals surface area contributed by atoms with Crippen LogP contribution >= 0.6 is 0 Å². The minimum Gasteiger partial charge on any atom is -0.0619 e. The van der Waals surface area contributed by atoms with Gasteiger partial charge in [0, 0.05) is 5.41 Å². The van der Waals surface area contributed by atoms with Gasteiger partial charge < -0.3 is 0 Å². The molecule has 0 heterocycles. The van der Waals surface area contributed by atoms with Gasteiger partial charge >= 0.3 is 0 Å². The van der Waals surface area contributed by atoms with Gasteiger partial charge in [0.15, 0.2) is 0 Å². The van der Waals surface area contributed by atoms with Crippen molar-refractivity contribution in [3.63, 3.8) is 0 Å². The van der Waals surface area contributed by atoms with E-state index in [4.69, 9.17) is 0 Å². The number of benzene rings is 3. The average molecular weight is 324 g/mol. The van der Waals surface area contributed by atoms with Gasteiger partial charge in [0.05, 0.1) is 0 Å². The van der Waals surface area contributed by atoms with Crippen molar-refractivity contribution in [3.8, 4) is 22.3 Å². The largest absolute Gasteiger partial charge is 0.0619 e. The lowest BCUT2D eigenvalue weighted by atomic mass is 9.68. The first-order chi connectivity index (χ1) is 12.3. The topological polar surface area (TPSA) is 0 Å². The zero-order chi connectivity index (χ0) is 16.9. The molecule has 0 radical (unpaired) electrons. The average Bonchev–Trinajstić information content (AvgIpc) is 2.94. The summed E-state index contributed by atoms with van der Waals surface area (Å²) in [6.07, 6.45) is 6.69. The van der Waals surface area contributed by atoms with Crippen molar-refractivity contribution in [2.45, 2.75) is 44.4 Å². The van der Waals surface area contributed by atoms with Gasteiger partial charge in [0.1, 0.15) is 0 Å². The molecule has 1 spiro atoms. The highest BCUT2D eigenvalue weighted by Gasteiger charge is 2.44. The standard InChI is InChI=1S/C25H24/c1-18-12-14-19(15-13-18)20-9-7-11-23-24(20)21-8-3-4-10-22(21)25(23)16-5-2-6-17-25/h3-4,7-15H,2,5-6,16-17H2,1H3. The van der Waals surface area contributed by atoms with Crippen LogP contribution in [0.15, 0.2) is 66.7 Å². The van der Waals surface area contributed by atoms with Gasteiger partial charge in [-0.2, -0.15) is 0 Å². The van der Waals surface area contributed by atoms with Crippen LogP contribution in [0.25, 0.3) is 22.3 Å². The van der Waals surface area contributed by atoms with E-state index in [1.54, 1.807) is 11.1 Å². The zero-order valence-corrected chi connectivity index (χ0v) is 14.9. The van der Waals surface area contributed by atoms with Crippen LogP contribution < -0.4 is 0 Å². The molecule has 0 bridgehead atoms. The molecule has 2 aliphatic carbocycles. The summed E-state index contributed by atoms with van der Waals surface area (Å²) in [4.78, 5) is 0. The van der Waals surface area contributed by atoms with Crippen LogP contribution in [-0.4, -0.2) is 0 Å². The van der Waals surface area contributed by atoms with Gasteiger partial charge in [-0.1, -0.05) is 91.6 Å². The maximum atomic E-state index is 2.40. The Labute approximate surface area is 150 Å². The summed E-state index contributed by atoms with van der Waals surface area (Å²) in [6.45, 7) is 2.16. The molecule has 0 nitrogen and oxygen atoms in total. The van der Waals surface area contributed by atoms with E-state index in [2.05, 4.69) is 73.7 Å². The molecule has 0 N–H and O–H groups in total. The third-order valence-corrected chi connectivity index (χ3v) is 6.36. The summed E-state index contributed by atoms with van der Waals surface area (Å²) in [7, 11) is 0. The Bertz CT molecular complexity index is 925. The SMILES string of the molecule is Cc1ccc(-c2cccc3c2-c2ccccc2C32CCCCC2)cc1. The minimum absolute atomic E-state index is 0.255. The lowest BCUT2D eigenvalue weighted by Gasteiger charge is -2.36. The predicted octanol–water partition coefficient (Wildman–Crippen LogP) is 6.89. The fraction of sp³-hybridized carbons (Fsp3) is 0.280. The highest BCUT2D eigenvalue weighted by atomic mass is 14.5. The minimum atomic E-state index is 0.255. The third kappa shape index (κ3) is 2.13.